The van der Waals surface area contributed by atoms with E-state index in [1.807, 2.05) is 0 Å². The van der Waals surface area contributed by atoms with Gasteiger partial charge in [0.25, 0.3) is 0 Å². The Morgan fingerprint density at radius 1 is 1.29 bits per heavy atom. The van der Waals surface area contributed by atoms with Crippen LogP contribution in [0.15, 0.2) is 37.0 Å². The van der Waals surface area contributed by atoms with Crippen LogP contribution >= 0.6 is 0 Å². The van der Waals surface area contributed by atoms with Gasteiger partial charge in [-0.1, -0.05) is 30.4 Å². The minimum absolute atomic E-state index is 0.293. The Hall–Kier alpha value is -1.71. The first-order chi connectivity index (χ1) is 8.20. The summed E-state index contributed by atoms with van der Waals surface area (Å²) in [5.41, 5.74) is 0. The maximum absolute atomic E-state index is 12.9. The molecule has 3 nitrogen and oxygen atoms in total. The van der Waals surface area contributed by atoms with Gasteiger partial charge in [-0.25, -0.2) is 4.39 Å². The number of carbonyl (C=O) groups excluding carboxylic acids is 2. The molecule has 2 aliphatic rings. The van der Waals surface area contributed by atoms with E-state index < -0.39 is 24.6 Å². The number of hydrogen-bond donors (Lipinski definition) is 0. The molecule has 0 spiro atoms. The van der Waals surface area contributed by atoms with Crippen molar-refractivity contribution in [3.63, 3.8) is 0 Å². The zero-order chi connectivity index (χ0) is 12.4. The monoisotopic (exact) mass is 235 g/mol. The third kappa shape index (κ3) is 1.84. The van der Waals surface area contributed by atoms with Crippen molar-refractivity contribution in [2.45, 2.75) is 12.5 Å². The summed E-state index contributed by atoms with van der Waals surface area (Å²) in [6.45, 7) is 2.79. The number of fused-ring (bicyclic) bond motifs is 1. The molecule has 1 fully saturated rings. The Balaban J connectivity index is 2.27. The molecule has 1 saturated heterocycles. The molecular formula is C13H14FNO2. The highest BCUT2D eigenvalue weighted by atomic mass is 19.1. The smallest absolute Gasteiger partial charge is 0.237 e. The van der Waals surface area contributed by atoms with E-state index in [1.54, 1.807) is 24.3 Å². The first-order valence-corrected chi connectivity index (χ1v) is 5.59. The van der Waals surface area contributed by atoms with Crippen molar-refractivity contribution in [2.75, 3.05) is 6.67 Å². The molecule has 2 rings (SSSR count). The molecule has 1 aliphatic carbocycles. The van der Waals surface area contributed by atoms with Crippen LogP contribution in [0.5, 0.6) is 0 Å². The largest absolute Gasteiger partial charge is 0.275 e. The van der Waals surface area contributed by atoms with Gasteiger partial charge in [0.2, 0.25) is 11.8 Å². The second-order valence-corrected chi connectivity index (χ2v) is 4.20. The number of rotatable bonds is 4. The van der Waals surface area contributed by atoms with E-state index >= 15 is 0 Å². The summed E-state index contributed by atoms with van der Waals surface area (Å²) < 4.78 is 12.9. The minimum atomic E-state index is -0.726. The molecule has 2 amide bonds. The van der Waals surface area contributed by atoms with Crippen LogP contribution in [0.4, 0.5) is 4.39 Å². The predicted molar refractivity (Wildman–Crippen MR) is 61.7 cm³/mol. The highest BCUT2D eigenvalue weighted by Crippen LogP contribution is 2.33. The fourth-order valence-electron chi connectivity index (χ4n) is 2.30. The predicted octanol–water partition coefficient (Wildman–Crippen LogP) is 1.63. The van der Waals surface area contributed by atoms with Crippen LogP contribution in [0.3, 0.4) is 0 Å². The number of hydrogen-bond acceptors (Lipinski definition) is 2. The van der Waals surface area contributed by atoms with Crippen LogP contribution in [0.1, 0.15) is 6.42 Å². The molecule has 2 unspecified atom stereocenters. The van der Waals surface area contributed by atoms with Gasteiger partial charge in [-0.15, -0.1) is 6.58 Å². The van der Waals surface area contributed by atoms with E-state index in [0.29, 0.717) is 6.42 Å². The number of carbonyl (C=O) groups is 2. The lowest BCUT2D eigenvalue weighted by Gasteiger charge is -2.22. The fraction of sp³-hybridized carbons (Fsp3) is 0.385. The van der Waals surface area contributed by atoms with Crippen molar-refractivity contribution in [1.82, 2.24) is 4.90 Å². The van der Waals surface area contributed by atoms with E-state index in [4.69, 9.17) is 0 Å². The summed E-state index contributed by atoms with van der Waals surface area (Å²) >= 11 is 0. The van der Waals surface area contributed by atoms with Crippen molar-refractivity contribution in [3.8, 4) is 0 Å². The minimum Gasteiger partial charge on any atom is -0.275 e. The van der Waals surface area contributed by atoms with E-state index in [2.05, 4.69) is 6.58 Å². The second-order valence-electron chi connectivity index (χ2n) is 4.20. The van der Waals surface area contributed by atoms with E-state index in [1.165, 1.54) is 6.08 Å². The summed E-state index contributed by atoms with van der Waals surface area (Å²) in [6, 6.07) is -0.708. The normalized spacial score (nSPS) is 28.4. The third-order valence-electron chi connectivity index (χ3n) is 3.16. The summed E-state index contributed by atoms with van der Waals surface area (Å²) in [5.74, 6) is -1.51. The van der Waals surface area contributed by atoms with E-state index in [-0.39, 0.29) is 11.8 Å². The number of halogens is 1. The number of alkyl halides is 1. The molecule has 0 N–H and O–H groups in total. The lowest BCUT2D eigenvalue weighted by Crippen LogP contribution is -2.41. The first kappa shape index (κ1) is 11.8. The Bertz CT molecular complexity index is 384. The molecule has 17 heavy (non-hydrogen) atoms. The third-order valence-corrected chi connectivity index (χ3v) is 3.16. The van der Waals surface area contributed by atoms with Gasteiger partial charge in [0.1, 0.15) is 6.67 Å². The standard InChI is InChI=1S/C13H14FNO2/c1-2-5-9(8-14)15-12(16)10-6-3-4-7-11(10)13(15)17/h2-4,6-7,9-11H,1,5,8H2/t9-,10?,11?/m0/s1. The van der Waals surface area contributed by atoms with Crippen molar-refractivity contribution in [3.05, 3.63) is 37.0 Å². The number of imide groups is 1. The summed E-state index contributed by atoms with van der Waals surface area (Å²) in [6.07, 6.45) is 8.71. The maximum Gasteiger partial charge on any atom is 0.237 e. The highest BCUT2D eigenvalue weighted by molar-refractivity contribution is 6.07. The zero-order valence-electron chi connectivity index (χ0n) is 9.38. The zero-order valence-corrected chi connectivity index (χ0v) is 9.38. The van der Waals surface area contributed by atoms with Gasteiger partial charge in [0, 0.05) is 0 Å². The van der Waals surface area contributed by atoms with E-state index in [0.717, 1.165) is 4.90 Å². The number of allylic oxidation sites excluding steroid dienone is 2. The first-order valence-electron chi connectivity index (χ1n) is 5.59. The van der Waals surface area contributed by atoms with Gasteiger partial charge < -0.3 is 0 Å². The summed E-state index contributed by atoms with van der Waals surface area (Å²) in [7, 11) is 0. The second kappa shape index (κ2) is 4.65. The average molecular weight is 235 g/mol. The maximum atomic E-state index is 12.9. The Kier molecular flexibility index (Phi) is 3.22. The lowest BCUT2D eigenvalue weighted by atomic mass is 9.91. The van der Waals surface area contributed by atoms with Crippen LogP contribution in [0.2, 0.25) is 0 Å². The molecule has 0 aromatic heterocycles. The Labute approximate surface area is 99.3 Å². The van der Waals surface area contributed by atoms with Crippen LogP contribution in [-0.2, 0) is 9.59 Å². The fourth-order valence-corrected chi connectivity index (χ4v) is 2.30. The average Bonchev–Trinajstić information content (AvgIpc) is 2.61. The molecule has 1 aliphatic heterocycles. The molecule has 0 aromatic carbocycles. The van der Waals surface area contributed by atoms with Crippen LogP contribution in [-0.4, -0.2) is 29.4 Å². The van der Waals surface area contributed by atoms with Crippen molar-refractivity contribution < 1.29 is 14.0 Å². The van der Waals surface area contributed by atoms with Crippen molar-refractivity contribution >= 4 is 11.8 Å². The molecule has 4 heteroatoms. The molecule has 1 heterocycles. The topological polar surface area (TPSA) is 37.4 Å². The van der Waals surface area contributed by atoms with Crippen LogP contribution in [0.25, 0.3) is 0 Å². The van der Waals surface area contributed by atoms with Gasteiger partial charge in [-0.2, -0.15) is 0 Å². The lowest BCUT2D eigenvalue weighted by molar-refractivity contribution is -0.142. The number of amides is 2. The Morgan fingerprint density at radius 3 is 2.24 bits per heavy atom. The molecule has 0 radical (unpaired) electrons. The SMILES string of the molecule is C=CC[C@@H](CF)N1C(=O)C2C=CC=CC2C1=O. The quantitative estimate of drug-likeness (QED) is 0.548. The van der Waals surface area contributed by atoms with Crippen molar-refractivity contribution in [1.29, 1.82) is 0 Å². The number of likely N-dealkylation sites (tertiary alicyclic amines) is 1. The molecule has 0 saturated carbocycles. The molecule has 0 bridgehead atoms. The van der Waals surface area contributed by atoms with Gasteiger partial charge >= 0.3 is 0 Å². The Morgan fingerprint density at radius 2 is 1.82 bits per heavy atom. The van der Waals surface area contributed by atoms with Crippen LogP contribution < -0.4 is 0 Å². The van der Waals surface area contributed by atoms with Crippen LogP contribution in [0, 0.1) is 11.8 Å². The van der Waals surface area contributed by atoms with Gasteiger partial charge in [0.15, 0.2) is 0 Å². The van der Waals surface area contributed by atoms with Gasteiger partial charge in [-0.3, -0.25) is 14.5 Å². The number of nitrogens with zero attached hydrogens (tertiary/aromatic N) is 1. The van der Waals surface area contributed by atoms with Gasteiger partial charge in [-0.05, 0) is 6.42 Å². The molecule has 3 atom stereocenters. The summed E-state index contributed by atoms with van der Waals surface area (Å²) in [4.78, 5) is 25.2. The van der Waals surface area contributed by atoms with Gasteiger partial charge in [0.05, 0.1) is 17.9 Å². The molecular weight excluding hydrogens is 221 g/mol. The summed E-state index contributed by atoms with van der Waals surface area (Å²) in [5, 5.41) is 0. The highest BCUT2D eigenvalue weighted by Gasteiger charge is 2.47. The molecule has 90 valence electrons. The van der Waals surface area contributed by atoms with E-state index in [9.17, 15) is 14.0 Å². The van der Waals surface area contributed by atoms with Crippen molar-refractivity contribution in [2.24, 2.45) is 11.8 Å². The molecule has 0 aromatic rings.